The van der Waals surface area contributed by atoms with Gasteiger partial charge in [0.2, 0.25) is 0 Å². The number of carbonyl (C=O) groups is 1. The number of aliphatic carboxylic acids is 1. The standard InChI is InChI=1S/C18H20O4/c1-21-16-11-14(18(9-10-18)17(19)20)7-8-15(16)22-12-13-5-3-2-4-6-13/h3,5-8,11H,2,4,9-10,12H2,1H3,(H,19,20). The van der Waals surface area contributed by atoms with Crippen LogP contribution in [-0.4, -0.2) is 24.8 Å². The number of carboxylic acid groups (broad SMARTS) is 1. The third-order valence-corrected chi connectivity index (χ3v) is 4.34. The fourth-order valence-corrected chi connectivity index (χ4v) is 2.77. The minimum Gasteiger partial charge on any atom is -0.493 e. The normalized spacial score (nSPS) is 18.5. The first kappa shape index (κ1) is 14.7. The highest BCUT2D eigenvalue weighted by atomic mass is 16.5. The molecular weight excluding hydrogens is 280 g/mol. The molecule has 4 nitrogen and oxygen atoms in total. The van der Waals surface area contributed by atoms with E-state index in [-0.39, 0.29) is 0 Å². The largest absolute Gasteiger partial charge is 0.493 e. The Hall–Kier alpha value is -2.23. The van der Waals surface area contributed by atoms with Gasteiger partial charge in [0.25, 0.3) is 0 Å². The van der Waals surface area contributed by atoms with Gasteiger partial charge < -0.3 is 14.6 Å². The monoisotopic (exact) mass is 300 g/mol. The summed E-state index contributed by atoms with van der Waals surface area (Å²) < 4.78 is 11.2. The smallest absolute Gasteiger partial charge is 0.314 e. The van der Waals surface area contributed by atoms with Gasteiger partial charge in [-0.25, -0.2) is 0 Å². The summed E-state index contributed by atoms with van der Waals surface area (Å²) in [5, 5.41) is 9.38. The zero-order chi connectivity index (χ0) is 15.6. The maximum atomic E-state index is 11.4. The van der Waals surface area contributed by atoms with Crippen LogP contribution in [0.1, 0.15) is 31.2 Å². The summed E-state index contributed by atoms with van der Waals surface area (Å²) in [6.45, 7) is 0.496. The van der Waals surface area contributed by atoms with Crippen LogP contribution in [-0.2, 0) is 10.2 Å². The van der Waals surface area contributed by atoms with E-state index < -0.39 is 11.4 Å². The second-order valence-corrected chi connectivity index (χ2v) is 5.80. The average molecular weight is 300 g/mol. The Morgan fingerprint density at radius 1 is 1.27 bits per heavy atom. The first-order valence-corrected chi connectivity index (χ1v) is 7.56. The van der Waals surface area contributed by atoms with Crippen LogP contribution in [0.4, 0.5) is 0 Å². The van der Waals surface area contributed by atoms with E-state index in [0.29, 0.717) is 30.9 Å². The van der Waals surface area contributed by atoms with Crippen LogP contribution in [0.15, 0.2) is 42.0 Å². The lowest BCUT2D eigenvalue weighted by Crippen LogP contribution is -2.19. The van der Waals surface area contributed by atoms with E-state index in [2.05, 4.69) is 18.2 Å². The second kappa shape index (κ2) is 5.87. The number of allylic oxidation sites excluding steroid dienone is 2. The number of benzene rings is 1. The SMILES string of the molecule is COc1cc(C2(C(=O)O)CC2)ccc1OCC1=CCCC=C1. The molecule has 0 atom stereocenters. The summed E-state index contributed by atoms with van der Waals surface area (Å²) in [5.41, 5.74) is 1.23. The first-order chi connectivity index (χ1) is 10.7. The van der Waals surface area contributed by atoms with Crippen molar-refractivity contribution in [2.24, 2.45) is 0 Å². The Morgan fingerprint density at radius 3 is 2.68 bits per heavy atom. The van der Waals surface area contributed by atoms with Gasteiger partial charge in [0.1, 0.15) is 6.61 Å². The maximum absolute atomic E-state index is 11.4. The molecule has 1 aromatic carbocycles. The minimum absolute atomic E-state index is 0.496. The predicted molar refractivity (Wildman–Crippen MR) is 83.5 cm³/mol. The van der Waals surface area contributed by atoms with Gasteiger partial charge >= 0.3 is 5.97 Å². The van der Waals surface area contributed by atoms with E-state index in [1.165, 1.54) is 0 Å². The summed E-state index contributed by atoms with van der Waals surface area (Å²) in [6, 6.07) is 5.44. The average Bonchev–Trinajstić information content (AvgIpc) is 3.35. The molecule has 0 aliphatic heterocycles. The van der Waals surface area contributed by atoms with Gasteiger partial charge in [-0.05, 0) is 49.0 Å². The highest BCUT2D eigenvalue weighted by Gasteiger charge is 2.52. The van der Waals surface area contributed by atoms with Crippen LogP contribution in [0.2, 0.25) is 0 Å². The highest BCUT2D eigenvalue weighted by Crippen LogP contribution is 2.50. The topological polar surface area (TPSA) is 55.8 Å². The second-order valence-electron chi connectivity index (χ2n) is 5.80. The summed E-state index contributed by atoms with van der Waals surface area (Å²) in [4.78, 5) is 11.4. The van der Waals surface area contributed by atoms with E-state index in [1.54, 1.807) is 13.2 Å². The molecule has 1 aromatic rings. The van der Waals surface area contributed by atoms with E-state index >= 15 is 0 Å². The predicted octanol–water partition coefficient (Wildman–Crippen LogP) is 3.47. The number of carboxylic acids is 1. The van der Waals surface area contributed by atoms with Crippen molar-refractivity contribution in [1.29, 1.82) is 0 Å². The van der Waals surface area contributed by atoms with Crippen molar-refractivity contribution >= 4 is 5.97 Å². The van der Waals surface area contributed by atoms with E-state index in [4.69, 9.17) is 9.47 Å². The third-order valence-electron chi connectivity index (χ3n) is 4.34. The lowest BCUT2D eigenvalue weighted by atomic mass is 9.96. The molecule has 22 heavy (non-hydrogen) atoms. The van der Waals surface area contributed by atoms with Gasteiger partial charge in [0, 0.05) is 0 Å². The Kier molecular flexibility index (Phi) is 3.92. The summed E-state index contributed by atoms with van der Waals surface area (Å²) in [7, 11) is 1.58. The van der Waals surface area contributed by atoms with Crippen molar-refractivity contribution in [3.8, 4) is 11.5 Å². The third kappa shape index (κ3) is 2.73. The lowest BCUT2D eigenvalue weighted by Gasteiger charge is -2.16. The quantitative estimate of drug-likeness (QED) is 0.874. The first-order valence-electron chi connectivity index (χ1n) is 7.56. The Balaban J connectivity index is 1.76. The van der Waals surface area contributed by atoms with Gasteiger partial charge in [0.05, 0.1) is 12.5 Å². The minimum atomic E-state index is -0.763. The van der Waals surface area contributed by atoms with Crippen molar-refractivity contribution in [2.75, 3.05) is 13.7 Å². The summed E-state index contributed by atoms with van der Waals surface area (Å²) in [6.07, 6.45) is 9.89. The molecule has 0 unspecified atom stereocenters. The molecule has 0 spiro atoms. The number of rotatable bonds is 6. The number of methoxy groups -OCH3 is 1. The fraction of sp³-hybridized carbons (Fsp3) is 0.389. The van der Waals surface area contributed by atoms with E-state index in [1.807, 2.05) is 12.1 Å². The highest BCUT2D eigenvalue weighted by molar-refractivity contribution is 5.85. The van der Waals surface area contributed by atoms with Gasteiger partial charge in [0.15, 0.2) is 11.5 Å². The number of ether oxygens (including phenoxy) is 2. The molecule has 0 saturated heterocycles. The number of hydrogen-bond acceptors (Lipinski definition) is 3. The summed E-state index contributed by atoms with van der Waals surface area (Å²) >= 11 is 0. The molecule has 2 aliphatic carbocycles. The van der Waals surface area contributed by atoms with Crippen LogP contribution in [0.25, 0.3) is 0 Å². The Morgan fingerprint density at radius 2 is 2.09 bits per heavy atom. The van der Waals surface area contributed by atoms with Crippen molar-refractivity contribution in [3.05, 3.63) is 47.6 Å². The molecule has 0 amide bonds. The van der Waals surface area contributed by atoms with Gasteiger partial charge in [-0.2, -0.15) is 0 Å². The molecule has 0 aromatic heterocycles. The zero-order valence-electron chi connectivity index (χ0n) is 12.7. The molecular formula is C18H20O4. The molecule has 1 fully saturated rings. The van der Waals surface area contributed by atoms with E-state index in [9.17, 15) is 9.90 Å². The molecule has 116 valence electrons. The Bertz CT molecular complexity index is 638. The van der Waals surface area contributed by atoms with Crippen LogP contribution in [0.5, 0.6) is 11.5 Å². The lowest BCUT2D eigenvalue weighted by molar-refractivity contribution is -0.140. The van der Waals surface area contributed by atoms with Crippen molar-refractivity contribution in [2.45, 2.75) is 31.1 Å². The van der Waals surface area contributed by atoms with Gasteiger partial charge in [-0.15, -0.1) is 0 Å². The van der Waals surface area contributed by atoms with Crippen LogP contribution >= 0.6 is 0 Å². The molecule has 4 heteroatoms. The fourth-order valence-electron chi connectivity index (χ4n) is 2.77. The maximum Gasteiger partial charge on any atom is 0.314 e. The van der Waals surface area contributed by atoms with Crippen molar-refractivity contribution in [3.63, 3.8) is 0 Å². The Labute approximate surface area is 130 Å². The van der Waals surface area contributed by atoms with Crippen LogP contribution in [0.3, 0.4) is 0 Å². The summed E-state index contributed by atoms with van der Waals surface area (Å²) in [5.74, 6) is 0.471. The van der Waals surface area contributed by atoms with E-state index in [0.717, 1.165) is 24.0 Å². The zero-order valence-corrected chi connectivity index (χ0v) is 12.7. The molecule has 0 bridgehead atoms. The number of hydrogen-bond donors (Lipinski definition) is 1. The molecule has 3 rings (SSSR count). The molecule has 1 saturated carbocycles. The molecule has 0 radical (unpaired) electrons. The van der Waals surface area contributed by atoms with Crippen LogP contribution in [0, 0.1) is 0 Å². The molecule has 2 aliphatic rings. The van der Waals surface area contributed by atoms with Crippen molar-refractivity contribution < 1.29 is 19.4 Å². The van der Waals surface area contributed by atoms with Gasteiger partial charge in [-0.1, -0.05) is 24.3 Å². The molecule has 1 N–H and O–H groups in total. The van der Waals surface area contributed by atoms with Gasteiger partial charge in [-0.3, -0.25) is 4.79 Å². The van der Waals surface area contributed by atoms with Crippen LogP contribution < -0.4 is 9.47 Å². The van der Waals surface area contributed by atoms with Crippen molar-refractivity contribution in [1.82, 2.24) is 0 Å². The molecule has 0 heterocycles.